The molecule has 3 aromatic carbocycles. The first-order chi connectivity index (χ1) is 18.8. The summed E-state index contributed by atoms with van der Waals surface area (Å²) in [6.07, 6.45) is 2.52. The second kappa shape index (κ2) is 12.4. The first-order valence-electron chi connectivity index (χ1n) is 12.7. The number of aryl methyl sites for hydroxylation is 1. The molecule has 9 heteroatoms. The number of carbonyl (C=O) groups excluding carboxylic acids is 4. The maximum absolute atomic E-state index is 13.1. The van der Waals surface area contributed by atoms with E-state index in [2.05, 4.69) is 10.6 Å². The van der Waals surface area contributed by atoms with Crippen LogP contribution in [0, 0.1) is 0 Å². The van der Waals surface area contributed by atoms with Gasteiger partial charge in [0.2, 0.25) is 0 Å². The Bertz CT molecular complexity index is 1450. The molecule has 1 heterocycles. The van der Waals surface area contributed by atoms with E-state index in [0.29, 0.717) is 29.2 Å². The van der Waals surface area contributed by atoms with E-state index in [1.807, 2.05) is 26.0 Å². The minimum absolute atomic E-state index is 0.0759. The molecular weight excluding hydrogens is 518 g/mol. The summed E-state index contributed by atoms with van der Waals surface area (Å²) in [6.45, 7) is 4.36. The molecule has 4 rings (SSSR count). The Kier molecular flexibility index (Phi) is 8.78. The number of nitrogens with zero attached hydrogens (tertiary/aromatic N) is 1. The maximum atomic E-state index is 13.1. The molecule has 1 aliphatic heterocycles. The number of nitrogens with one attached hydrogen (secondary N) is 2. The van der Waals surface area contributed by atoms with Crippen molar-refractivity contribution in [2.75, 3.05) is 22.1 Å². The smallest absolute Gasteiger partial charge is 0.338 e. The first-order valence-corrected chi connectivity index (χ1v) is 13.0. The number of esters is 1. The molecule has 0 fully saturated rings. The van der Waals surface area contributed by atoms with Crippen molar-refractivity contribution >= 4 is 52.4 Å². The van der Waals surface area contributed by atoms with Crippen LogP contribution < -0.4 is 15.5 Å². The third kappa shape index (κ3) is 6.35. The summed E-state index contributed by atoms with van der Waals surface area (Å²) >= 11 is 6.25. The van der Waals surface area contributed by atoms with Crippen molar-refractivity contribution in [2.45, 2.75) is 33.1 Å². The second-order valence-corrected chi connectivity index (χ2v) is 9.26. The molecule has 0 spiro atoms. The predicted octanol–water partition coefficient (Wildman–Crippen LogP) is 5.89. The van der Waals surface area contributed by atoms with Crippen LogP contribution in [-0.2, 0) is 20.7 Å². The first kappa shape index (κ1) is 27.6. The van der Waals surface area contributed by atoms with Gasteiger partial charge in [0.05, 0.1) is 17.9 Å². The zero-order chi connectivity index (χ0) is 27.9. The number of carbonyl (C=O) groups is 4. The van der Waals surface area contributed by atoms with Gasteiger partial charge in [0.25, 0.3) is 17.7 Å². The van der Waals surface area contributed by atoms with Gasteiger partial charge in [-0.15, -0.1) is 0 Å². The number of imide groups is 1. The topological polar surface area (TPSA) is 105 Å². The Morgan fingerprint density at radius 2 is 1.54 bits per heavy atom. The van der Waals surface area contributed by atoms with Crippen molar-refractivity contribution in [3.8, 4) is 0 Å². The number of hydrogen-bond acceptors (Lipinski definition) is 6. The number of benzene rings is 3. The third-order valence-electron chi connectivity index (χ3n) is 6.11. The molecule has 0 atom stereocenters. The van der Waals surface area contributed by atoms with Gasteiger partial charge in [-0.3, -0.25) is 14.4 Å². The average Bonchev–Trinajstić information content (AvgIpc) is 3.16. The fraction of sp³-hybridized carbons (Fsp3) is 0.200. The van der Waals surface area contributed by atoms with Crippen molar-refractivity contribution in [3.05, 3.63) is 100 Å². The predicted molar refractivity (Wildman–Crippen MR) is 151 cm³/mol. The molecule has 0 saturated heterocycles. The Morgan fingerprint density at radius 3 is 2.23 bits per heavy atom. The molecule has 3 aromatic rings. The summed E-state index contributed by atoms with van der Waals surface area (Å²) in [5.74, 6) is -2.11. The standard InChI is InChI=1S/C30H28ClN3O5/c1-3-5-16-39-30(38)21-9-7-11-23(18-21)33-27(35)20-8-6-10-22(17-20)32-26-25(31)28(36)34(29(26)37)24-14-12-19(4-2)13-15-24/h6-15,17-18,32H,3-5,16H2,1-2H3,(H,33,35). The minimum atomic E-state index is -0.629. The van der Waals surface area contributed by atoms with Crippen molar-refractivity contribution in [3.63, 3.8) is 0 Å². The highest BCUT2D eigenvalue weighted by molar-refractivity contribution is 6.53. The molecule has 0 aromatic heterocycles. The molecule has 0 radical (unpaired) electrons. The Labute approximate surface area is 231 Å². The largest absolute Gasteiger partial charge is 0.462 e. The third-order valence-corrected chi connectivity index (χ3v) is 6.46. The number of rotatable bonds is 10. The lowest BCUT2D eigenvalue weighted by molar-refractivity contribution is -0.120. The summed E-state index contributed by atoms with van der Waals surface area (Å²) < 4.78 is 5.23. The zero-order valence-electron chi connectivity index (χ0n) is 21.6. The highest BCUT2D eigenvalue weighted by Crippen LogP contribution is 2.30. The number of unbranched alkanes of at least 4 members (excludes halogenated alkanes) is 1. The fourth-order valence-corrected chi connectivity index (χ4v) is 4.14. The normalized spacial score (nSPS) is 13.1. The van der Waals surface area contributed by atoms with Gasteiger partial charge < -0.3 is 15.4 Å². The molecule has 8 nitrogen and oxygen atoms in total. The Balaban J connectivity index is 1.46. The summed E-state index contributed by atoms with van der Waals surface area (Å²) in [5.41, 5.74) is 2.86. The number of hydrogen-bond donors (Lipinski definition) is 2. The van der Waals surface area contributed by atoms with Crippen LogP contribution in [0.15, 0.2) is 83.5 Å². The van der Waals surface area contributed by atoms with E-state index in [9.17, 15) is 19.2 Å². The van der Waals surface area contributed by atoms with E-state index < -0.39 is 23.7 Å². The highest BCUT2D eigenvalue weighted by atomic mass is 35.5. The van der Waals surface area contributed by atoms with Gasteiger partial charge >= 0.3 is 5.97 Å². The molecule has 39 heavy (non-hydrogen) atoms. The average molecular weight is 546 g/mol. The second-order valence-electron chi connectivity index (χ2n) is 8.88. The molecule has 200 valence electrons. The van der Waals surface area contributed by atoms with Gasteiger partial charge in [0, 0.05) is 16.9 Å². The van der Waals surface area contributed by atoms with Crippen LogP contribution in [-0.4, -0.2) is 30.3 Å². The molecule has 0 unspecified atom stereocenters. The van der Waals surface area contributed by atoms with Gasteiger partial charge in [0.1, 0.15) is 10.7 Å². The number of halogens is 1. The Morgan fingerprint density at radius 1 is 0.872 bits per heavy atom. The quantitative estimate of drug-likeness (QED) is 0.187. The van der Waals surface area contributed by atoms with Gasteiger partial charge in [-0.05, 0) is 66.9 Å². The summed E-state index contributed by atoms with van der Waals surface area (Å²) in [6, 6.07) is 20.0. The van der Waals surface area contributed by atoms with E-state index in [1.54, 1.807) is 54.6 Å². The number of anilines is 3. The lowest BCUT2D eigenvalue weighted by atomic mass is 10.1. The van der Waals surface area contributed by atoms with Crippen molar-refractivity contribution < 1.29 is 23.9 Å². The van der Waals surface area contributed by atoms with Crippen LogP contribution >= 0.6 is 11.6 Å². The van der Waals surface area contributed by atoms with Crippen LogP contribution in [0.3, 0.4) is 0 Å². The van der Waals surface area contributed by atoms with Crippen molar-refractivity contribution in [1.29, 1.82) is 0 Å². The van der Waals surface area contributed by atoms with E-state index in [4.69, 9.17) is 16.3 Å². The van der Waals surface area contributed by atoms with Gasteiger partial charge in [-0.1, -0.05) is 56.1 Å². The van der Waals surface area contributed by atoms with Gasteiger partial charge in [-0.25, -0.2) is 9.69 Å². The van der Waals surface area contributed by atoms with Crippen LogP contribution in [0.1, 0.15) is 53.0 Å². The molecule has 1 aliphatic rings. The van der Waals surface area contributed by atoms with E-state index in [1.165, 1.54) is 6.07 Å². The van der Waals surface area contributed by atoms with Crippen molar-refractivity contribution in [1.82, 2.24) is 0 Å². The van der Waals surface area contributed by atoms with Crippen LogP contribution in [0.25, 0.3) is 0 Å². The summed E-state index contributed by atoms with van der Waals surface area (Å²) in [7, 11) is 0. The maximum Gasteiger partial charge on any atom is 0.338 e. The van der Waals surface area contributed by atoms with E-state index >= 15 is 0 Å². The molecule has 2 N–H and O–H groups in total. The number of ether oxygens (including phenoxy) is 1. The lowest BCUT2D eigenvalue weighted by Crippen LogP contribution is -2.32. The fourth-order valence-electron chi connectivity index (χ4n) is 3.93. The molecule has 0 aliphatic carbocycles. The number of amides is 3. The molecule has 3 amide bonds. The van der Waals surface area contributed by atoms with Crippen LogP contribution in [0.5, 0.6) is 0 Å². The molecular formula is C30H28ClN3O5. The lowest BCUT2D eigenvalue weighted by Gasteiger charge is -2.15. The zero-order valence-corrected chi connectivity index (χ0v) is 22.4. The summed E-state index contributed by atoms with van der Waals surface area (Å²) in [5, 5.41) is 5.42. The van der Waals surface area contributed by atoms with Gasteiger partial charge in [-0.2, -0.15) is 0 Å². The van der Waals surface area contributed by atoms with E-state index in [0.717, 1.165) is 29.7 Å². The van der Waals surface area contributed by atoms with Crippen LogP contribution in [0.2, 0.25) is 0 Å². The summed E-state index contributed by atoms with van der Waals surface area (Å²) in [4.78, 5) is 52.1. The SMILES string of the molecule is CCCCOC(=O)c1cccc(NC(=O)c2cccc(NC3=C(Cl)C(=O)N(c4ccc(CC)cc4)C3=O)c2)c1. The minimum Gasteiger partial charge on any atom is -0.462 e. The molecule has 0 bridgehead atoms. The van der Waals surface area contributed by atoms with Gasteiger partial charge in [0.15, 0.2) is 0 Å². The van der Waals surface area contributed by atoms with Crippen LogP contribution in [0.4, 0.5) is 17.1 Å². The monoisotopic (exact) mass is 545 g/mol. The van der Waals surface area contributed by atoms with Crippen molar-refractivity contribution in [2.24, 2.45) is 0 Å². The van der Waals surface area contributed by atoms with E-state index in [-0.39, 0.29) is 16.3 Å². The molecule has 0 saturated carbocycles. The highest BCUT2D eigenvalue weighted by Gasteiger charge is 2.39. The Hall–Kier alpha value is -4.43.